The number of benzene rings is 1. The molecule has 1 unspecified atom stereocenters. The summed E-state index contributed by atoms with van der Waals surface area (Å²) < 4.78 is 10.9. The second-order valence-corrected chi connectivity index (χ2v) is 8.41. The molecule has 1 aromatic carbocycles. The van der Waals surface area contributed by atoms with Crippen molar-refractivity contribution in [3.63, 3.8) is 0 Å². The van der Waals surface area contributed by atoms with Gasteiger partial charge in [0.2, 0.25) is 5.91 Å². The van der Waals surface area contributed by atoms with Crippen LogP contribution in [0, 0.1) is 23.2 Å². The first kappa shape index (κ1) is 16.9. The Morgan fingerprint density at radius 1 is 1.16 bits per heavy atom. The zero-order valence-corrected chi connectivity index (χ0v) is 15.3. The number of nitrogens with one attached hydrogen (secondary N) is 1. The van der Waals surface area contributed by atoms with E-state index in [0.29, 0.717) is 6.54 Å². The van der Waals surface area contributed by atoms with Crippen molar-refractivity contribution in [2.75, 3.05) is 20.8 Å². The molecule has 4 aliphatic rings. The van der Waals surface area contributed by atoms with Crippen molar-refractivity contribution in [1.29, 1.82) is 0 Å². The minimum Gasteiger partial charge on any atom is -0.497 e. The molecular weight excluding hydrogens is 314 g/mol. The van der Waals surface area contributed by atoms with Crippen molar-refractivity contribution in [2.24, 2.45) is 23.2 Å². The number of hydrogen-bond donors (Lipinski definition) is 1. The fourth-order valence-electron chi connectivity index (χ4n) is 5.94. The topological polar surface area (TPSA) is 47.6 Å². The average molecular weight is 343 g/mol. The SMILES string of the molecule is COc1cccc(C(CNC(=O)C23CC4CC(CC(C4)C2)C3)OC)c1. The van der Waals surface area contributed by atoms with Crippen molar-refractivity contribution in [3.05, 3.63) is 29.8 Å². The van der Waals surface area contributed by atoms with Gasteiger partial charge in [0.1, 0.15) is 5.75 Å². The zero-order chi connectivity index (χ0) is 17.4. The summed E-state index contributed by atoms with van der Waals surface area (Å²) in [4.78, 5) is 13.1. The molecule has 4 fully saturated rings. The first-order chi connectivity index (χ1) is 12.1. The summed E-state index contributed by atoms with van der Waals surface area (Å²) in [5, 5.41) is 3.22. The second-order valence-electron chi connectivity index (χ2n) is 8.41. The van der Waals surface area contributed by atoms with Crippen LogP contribution in [-0.4, -0.2) is 26.7 Å². The standard InChI is InChI=1S/C21H29NO3/c1-24-18-5-3-4-17(9-18)19(25-2)13-22-20(23)21-10-14-6-15(11-21)8-16(7-14)12-21/h3-5,9,14-16,19H,6-8,10-13H2,1-2H3,(H,22,23). The van der Waals surface area contributed by atoms with Crippen molar-refractivity contribution in [3.8, 4) is 5.75 Å². The maximum Gasteiger partial charge on any atom is 0.226 e. The van der Waals surface area contributed by atoms with Gasteiger partial charge >= 0.3 is 0 Å². The molecule has 136 valence electrons. The van der Waals surface area contributed by atoms with Crippen LogP contribution < -0.4 is 10.1 Å². The quantitative estimate of drug-likeness (QED) is 0.856. The number of carbonyl (C=O) groups is 1. The molecule has 0 spiro atoms. The lowest BCUT2D eigenvalue weighted by Crippen LogP contribution is -2.54. The molecule has 1 amide bonds. The normalized spacial score (nSPS) is 33.9. The predicted molar refractivity (Wildman–Crippen MR) is 96.4 cm³/mol. The highest BCUT2D eigenvalue weighted by Crippen LogP contribution is 2.60. The molecule has 0 aliphatic heterocycles. The summed E-state index contributed by atoms with van der Waals surface area (Å²) in [5.74, 6) is 3.43. The number of methoxy groups -OCH3 is 2. The smallest absolute Gasteiger partial charge is 0.226 e. The molecule has 4 heteroatoms. The second kappa shape index (κ2) is 6.64. The van der Waals surface area contributed by atoms with Gasteiger partial charge in [0.05, 0.1) is 13.2 Å². The van der Waals surface area contributed by atoms with E-state index in [4.69, 9.17) is 9.47 Å². The van der Waals surface area contributed by atoms with E-state index < -0.39 is 0 Å². The largest absolute Gasteiger partial charge is 0.497 e. The number of hydrogen-bond acceptors (Lipinski definition) is 3. The summed E-state index contributed by atoms with van der Waals surface area (Å²) in [6, 6.07) is 7.88. The molecule has 4 nitrogen and oxygen atoms in total. The van der Waals surface area contributed by atoms with E-state index in [1.807, 2.05) is 24.3 Å². The molecule has 1 atom stereocenters. The van der Waals surface area contributed by atoms with Gasteiger partial charge in [0, 0.05) is 19.1 Å². The predicted octanol–water partition coefficient (Wildman–Crippen LogP) is 3.72. The van der Waals surface area contributed by atoms with Crippen LogP contribution in [0.15, 0.2) is 24.3 Å². The van der Waals surface area contributed by atoms with Crippen molar-refractivity contribution in [2.45, 2.75) is 44.6 Å². The Balaban J connectivity index is 1.42. The third-order valence-electron chi connectivity index (χ3n) is 6.72. The van der Waals surface area contributed by atoms with Gasteiger partial charge in [0.25, 0.3) is 0 Å². The third kappa shape index (κ3) is 3.17. The van der Waals surface area contributed by atoms with Gasteiger partial charge in [-0.2, -0.15) is 0 Å². The third-order valence-corrected chi connectivity index (χ3v) is 6.72. The molecule has 0 heterocycles. The summed E-state index contributed by atoms with van der Waals surface area (Å²) in [7, 11) is 3.36. The highest BCUT2D eigenvalue weighted by Gasteiger charge is 2.54. The van der Waals surface area contributed by atoms with Crippen LogP contribution in [0.5, 0.6) is 5.75 Å². The maximum absolute atomic E-state index is 13.1. The van der Waals surface area contributed by atoms with Gasteiger partial charge in [0.15, 0.2) is 0 Å². The highest BCUT2D eigenvalue weighted by atomic mass is 16.5. The average Bonchev–Trinajstić information content (AvgIpc) is 2.61. The highest BCUT2D eigenvalue weighted by molar-refractivity contribution is 5.83. The molecule has 4 bridgehead atoms. The lowest BCUT2D eigenvalue weighted by molar-refractivity contribution is -0.146. The van der Waals surface area contributed by atoms with Crippen LogP contribution in [0.3, 0.4) is 0 Å². The number of rotatable bonds is 6. The minimum absolute atomic E-state index is 0.0958. The van der Waals surface area contributed by atoms with Crippen molar-refractivity contribution >= 4 is 5.91 Å². The molecule has 4 saturated carbocycles. The Morgan fingerprint density at radius 2 is 1.80 bits per heavy atom. The molecular formula is C21H29NO3. The Bertz CT molecular complexity index is 606. The minimum atomic E-state index is -0.145. The number of ether oxygens (including phenoxy) is 2. The Kier molecular flexibility index (Phi) is 4.48. The fourth-order valence-corrected chi connectivity index (χ4v) is 5.94. The molecule has 0 saturated heterocycles. The van der Waals surface area contributed by atoms with E-state index in [1.54, 1.807) is 14.2 Å². The van der Waals surface area contributed by atoms with Gasteiger partial charge < -0.3 is 14.8 Å². The van der Waals surface area contributed by atoms with Crippen LogP contribution in [-0.2, 0) is 9.53 Å². The van der Waals surface area contributed by atoms with Crippen LogP contribution in [0.2, 0.25) is 0 Å². The molecule has 4 aliphatic carbocycles. The summed E-state index contributed by atoms with van der Waals surface area (Å²) in [6.07, 6.45) is 7.23. The molecule has 1 N–H and O–H groups in total. The first-order valence-electron chi connectivity index (χ1n) is 9.57. The van der Waals surface area contributed by atoms with E-state index in [9.17, 15) is 4.79 Å². The lowest BCUT2D eigenvalue weighted by atomic mass is 9.49. The summed E-state index contributed by atoms with van der Waals surface area (Å²) >= 11 is 0. The van der Waals surface area contributed by atoms with E-state index in [0.717, 1.165) is 48.3 Å². The van der Waals surface area contributed by atoms with E-state index in [1.165, 1.54) is 19.3 Å². The summed E-state index contributed by atoms with van der Waals surface area (Å²) in [6.45, 7) is 0.518. The first-order valence-corrected chi connectivity index (χ1v) is 9.57. The van der Waals surface area contributed by atoms with Crippen LogP contribution in [0.4, 0.5) is 0 Å². The van der Waals surface area contributed by atoms with E-state index in [-0.39, 0.29) is 17.4 Å². The maximum atomic E-state index is 13.1. The molecule has 0 radical (unpaired) electrons. The van der Waals surface area contributed by atoms with E-state index >= 15 is 0 Å². The Morgan fingerprint density at radius 3 is 2.36 bits per heavy atom. The van der Waals surface area contributed by atoms with Gasteiger partial charge in [-0.15, -0.1) is 0 Å². The number of carbonyl (C=O) groups excluding carboxylic acids is 1. The van der Waals surface area contributed by atoms with Gasteiger partial charge in [-0.25, -0.2) is 0 Å². The molecule has 5 rings (SSSR count). The van der Waals surface area contributed by atoms with E-state index in [2.05, 4.69) is 5.32 Å². The van der Waals surface area contributed by atoms with Crippen LogP contribution in [0.1, 0.15) is 50.2 Å². The molecule has 0 aromatic heterocycles. The fraction of sp³-hybridized carbons (Fsp3) is 0.667. The van der Waals surface area contributed by atoms with Gasteiger partial charge in [-0.3, -0.25) is 4.79 Å². The van der Waals surface area contributed by atoms with Crippen molar-refractivity contribution < 1.29 is 14.3 Å². The summed E-state index contributed by atoms with van der Waals surface area (Å²) in [5.41, 5.74) is 0.939. The molecule has 25 heavy (non-hydrogen) atoms. The van der Waals surface area contributed by atoms with Crippen molar-refractivity contribution in [1.82, 2.24) is 5.32 Å². The lowest BCUT2D eigenvalue weighted by Gasteiger charge is -2.55. The Labute approximate surface area is 150 Å². The Hall–Kier alpha value is -1.55. The van der Waals surface area contributed by atoms with Gasteiger partial charge in [-0.05, 0) is 74.0 Å². The van der Waals surface area contributed by atoms with Crippen LogP contribution in [0.25, 0.3) is 0 Å². The molecule has 1 aromatic rings. The van der Waals surface area contributed by atoms with Crippen LogP contribution >= 0.6 is 0 Å². The van der Waals surface area contributed by atoms with Gasteiger partial charge in [-0.1, -0.05) is 12.1 Å². The number of amides is 1. The monoisotopic (exact) mass is 343 g/mol. The zero-order valence-electron chi connectivity index (χ0n) is 15.3.